The van der Waals surface area contributed by atoms with Gasteiger partial charge in [-0.2, -0.15) is 13.2 Å². The zero-order valence-corrected chi connectivity index (χ0v) is 19.6. The molecule has 0 spiro atoms. The lowest BCUT2D eigenvalue weighted by Gasteiger charge is -2.18. The van der Waals surface area contributed by atoms with Crippen LogP contribution in [-0.4, -0.2) is 20.6 Å². The molecular weight excluding hydrogens is 465 g/mol. The maximum Gasteiger partial charge on any atom is 0.416 e. The van der Waals surface area contributed by atoms with Crippen molar-refractivity contribution < 1.29 is 27.8 Å². The number of alkyl halides is 3. The molecule has 4 rings (SSSR count). The average Bonchev–Trinajstić information content (AvgIpc) is 3.35. The summed E-state index contributed by atoms with van der Waals surface area (Å²) in [6.07, 6.45) is -2.66. The van der Waals surface area contributed by atoms with Crippen LogP contribution in [0.5, 0.6) is 5.75 Å². The summed E-state index contributed by atoms with van der Waals surface area (Å²) in [4.78, 5) is 16.6. The number of fused-ring (bicyclic) bond motifs is 1. The smallest absolute Gasteiger partial charge is 0.416 e. The summed E-state index contributed by atoms with van der Waals surface area (Å²) in [5.74, 6) is -0.286. The van der Waals surface area contributed by atoms with Crippen LogP contribution in [-0.2, 0) is 29.5 Å². The minimum absolute atomic E-state index is 0.119. The summed E-state index contributed by atoms with van der Waals surface area (Å²) in [5.41, 5.74) is 1.28. The number of carbonyl (C=O) groups is 1. The fourth-order valence-electron chi connectivity index (χ4n) is 3.66. The first kappa shape index (κ1) is 23.8. The van der Waals surface area contributed by atoms with Gasteiger partial charge in [-0.15, -0.1) is 11.3 Å². The van der Waals surface area contributed by atoms with E-state index in [1.807, 2.05) is 39.0 Å². The van der Waals surface area contributed by atoms with E-state index in [4.69, 9.17) is 14.8 Å². The molecule has 0 saturated heterocycles. The summed E-state index contributed by atoms with van der Waals surface area (Å²) in [7, 11) is 0. The van der Waals surface area contributed by atoms with E-state index in [0.717, 1.165) is 33.6 Å². The molecule has 0 radical (unpaired) electrons. The van der Waals surface area contributed by atoms with Gasteiger partial charge in [0.2, 0.25) is 0 Å². The SMILES string of the molecule is CC(C)(C)c1nc(-c2ccc(C(F)(F)F)cc2)sc1COc1ccc2c(ccn2CC(=O)O)c1. The van der Waals surface area contributed by atoms with Crippen molar-refractivity contribution in [2.45, 2.75) is 45.5 Å². The van der Waals surface area contributed by atoms with Gasteiger partial charge in [-0.05, 0) is 36.4 Å². The zero-order valence-electron chi connectivity index (χ0n) is 18.8. The standard InChI is InChI=1S/C25H23F3N2O3S/c1-24(2,3)22-20(34-23(29-22)15-4-6-17(7-5-15)25(26,27)28)14-33-18-8-9-19-16(12-18)10-11-30(19)13-21(31)32/h4-12H,13-14H2,1-3H3,(H,31,32). The van der Waals surface area contributed by atoms with Crippen molar-refractivity contribution in [3.8, 4) is 16.3 Å². The highest BCUT2D eigenvalue weighted by atomic mass is 32.1. The van der Waals surface area contributed by atoms with Gasteiger partial charge in [-0.1, -0.05) is 32.9 Å². The van der Waals surface area contributed by atoms with Crippen LogP contribution in [0, 0.1) is 0 Å². The number of carboxylic acid groups (broad SMARTS) is 1. The van der Waals surface area contributed by atoms with Crippen molar-refractivity contribution >= 4 is 28.2 Å². The molecule has 178 valence electrons. The number of benzene rings is 2. The van der Waals surface area contributed by atoms with E-state index in [-0.39, 0.29) is 18.6 Å². The van der Waals surface area contributed by atoms with Crippen LogP contribution in [0.15, 0.2) is 54.7 Å². The Balaban J connectivity index is 1.58. The van der Waals surface area contributed by atoms with Crippen LogP contribution in [0.4, 0.5) is 13.2 Å². The summed E-state index contributed by atoms with van der Waals surface area (Å²) >= 11 is 1.40. The molecule has 0 saturated carbocycles. The van der Waals surface area contributed by atoms with Gasteiger partial charge < -0.3 is 14.4 Å². The van der Waals surface area contributed by atoms with Crippen LogP contribution in [0.1, 0.15) is 36.9 Å². The first-order valence-electron chi connectivity index (χ1n) is 10.5. The van der Waals surface area contributed by atoms with Gasteiger partial charge in [-0.25, -0.2) is 4.98 Å². The monoisotopic (exact) mass is 488 g/mol. The second-order valence-corrected chi connectivity index (χ2v) is 10.0. The topological polar surface area (TPSA) is 64.4 Å². The number of aliphatic carboxylic acids is 1. The number of hydrogen-bond donors (Lipinski definition) is 1. The number of ether oxygens (including phenoxy) is 1. The number of nitrogens with zero attached hydrogens (tertiary/aromatic N) is 2. The average molecular weight is 489 g/mol. The third-order valence-corrected chi connectivity index (χ3v) is 6.36. The maximum absolute atomic E-state index is 12.9. The molecule has 2 heterocycles. The maximum atomic E-state index is 12.9. The fourth-order valence-corrected chi connectivity index (χ4v) is 4.85. The highest BCUT2D eigenvalue weighted by Gasteiger charge is 2.30. The van der Waals surface area contributed by atoms with Crippen LogP contribution >= 0.6 is 11.3 Å². The van der Waals surface area contributed by atoms with Gasteiger partial charge in [0.15, 0.2) is 0 Å². The summed E-state index contributed by atoms with van der Waals surface area (Å²) < 4.78 is 46.4. The molecule has 0 aliphatic heterocycles. The molecule has 5 nitrogen and oxygen atoms in total. The fraction of sp³-hybridized carbons (Fsp3) is 0.280. The summed E-state index contributed by atoms with van der Waals surface area (Å²) in [6, 6.07) is 12.3. The molecule has 4 aromatic rings. The van der Waals surface area contributed by atoms with Crippen LogP contribution in [0.25, 0.3) is 21.5 Å². The first-order chi connectivity index (χ1) is 15.9. The Bertz CT molecular complexity index is 1330. The largest absolute Gasteiger partial charge is 0.488 e. The van der Waals surface area contributed by atoms with E-state index >= 15 is 0 Å². The van der Waals surface area contributed by atoms with Crippen molar-refractivity contribution in [2.24, 2.45) is 0 Å². The normalized spacial score (nSPS) is 12.3. The molecule has 0 fully saturated rings. The minimum atomic E-state index is -4.38. The molecule has 9 heteroatoms. The number of hydrogen-bond acceptors (Lipinski definition) is 4. The Labute approximate surface area is 198 Å². The molecule has 1 N–H and O–H groups in total. The van der Waals surface area contributed by atoms with Gasteiger partial charge in [0.25, 0.3) is 0 Å². The van der Waals surface area contributed by atoms with Crippen molar-refractivity contribution in [1.82, 2.24) is 9.55 Å². The molecule has 2 aromatic heterocycles. The van der Waals surface area contributed by atoms with Gasteiger partial charge in [0.1, 0.15) is 23.9 Å². The molecule has 0 aliphatic rings. The second-order valence-electron chi connectivity index (χ2n) is 8.96. The van der Waals surface area contributed by atoms with E-state index in [1.165, 1.54) is 23.5 Å². The van der Waals surface area contributed by atoms with E-state index in [0.29, 0.717) is 16.3 Å². The van der Waals surface area contributed by atoms with E-state index in [2.05, 4.69) is 0 Å². The number of halogens is 3. The van der Waals surface area contributed by atoms with Crippen molar-refractivity contribution in [3.05, 3.63) is 70.9 Å². The van der Waals surface area contributed by atoms with E-state index in [9.17, 15) is 18.0 Å². The third kappa shape index (κ3) is 5.09. The van der Waals surface area contributed by atoms with Crippen LogP contribution < -0.4 is 4.74 Å². The number of thiazole rings is 1. The lowest BCUT2D eigenvalue weighted by molar-refractivity contribution is -0.138. The van der Waals surface area contributed by atoms with E-state index < -0.39 is 17.7 Å². The summed E-state index contributed by atoms with van der Waals surface area (Å²) in [5, 5.41) is 10.5. The van der Waals surface area contributed by atoms with Gasteiger partial charge in [-0.3, -0.25) is 4.79 Å². The van der Waals surface area contributed by atoms with Crippen LogP contribution in [0.2, 0.25) is 0 Å². The predicted molar refractivity (Wildman–Crippen MR) is 125 cm³/mol. The molecule has 34 heavy (non-hydrogen) atoms. The molecule has 0 amide bonds. The van der Waals surface area contributed by atoms with Gasteiger partial charge >= 0.3 is 12.1 Å². The van der Waals surface area contributed by atoms with Gasteiger partial charge in [0, 0.05) is 28.1 Å². The second kappa shape index (κ2) is 8.79. The van der Waals surface area contributed by atoms with Crippen molar-refractivity contribution in [2.75, 3.05) is 0 Å². The Hall–Kier alpha value is -3.33. The first-order valence-corrected chi connectivity index (χ1v) is 11.3. The Morgan fingerprint density at radius 3 is 2.41 bits per heavy atom. The quantitative estimate of drug-likeness (QED) is 0.326. The lowest BCUT2D eigenvalue weighted by Crippen LogP contribution is -2.15. The van der Waals surface area contributed by atoms with E-state index in [1.54, 1.807) is 16.8 Å². The molecule has 0 aliphatic carbocycles. The highest BCUT2D eigenvalue weighted by molar-refractivity contribution is 7.15. The lowest BCUT2D eigenvalue weighted by atomic mass is 9.91. The number of carboxylic acids is 1. The van der Waals surface area contributed by atoms with Crippen LogP contribution in [0.3, 0.4) is 0 Å². The Kier molecular flexibility index (Phi) is 6.16. The summed E-state index contributed by atoms with van der Waals surface area (Å²) in [6.45, 7) is 6.22. The van der Waals surface area contributed by atoms with Crippen molar-refractivity contribution in [1.29, 1.82) is 0 Å². The number of aromatic nitrogens is 2. The Morgan fingerprint density at radius 1 is 1.09 bits per heavy atom. The molecule has 2 aromatic carbocycles. The molecule has 0 unspecified atom stereocenters. The van der Waals surface area contributed by atoms with Crippen molar-refractivity contribution in [3.63, 3.8) is 0 Å². The molecule has 0 bridgehead atoms. The Morgan fingerprint density at radius 2 is 1.79 bits per heavy atom. The molecule has 0 atom stereocenters. The molecular formula is C25H23F3N2O3S. The highest BCUT2D eigenvalue weighted by Crippen LogP contribution is 2.37. The van der Waals surface area contributed by atoms with Gasteiger partial charge in [0.05, 0.1) is 16.1 Å². The number of rotatable bonds is 6. The zero-order chi connectivity index (χ0) is 24.7. The minimum Gasteiger partial charge on any atom is -0.488 e. The third-order valence-electron chi connectivity index (χ3n) is 5.28. The predicted octanol–water partition coefficient (Wildman–Crippen LogP) is 6.74.